The first kappa shape index (κ1) is 16.2. The highest BCUT2D eigenvalue weighted by Gasteiger charge is 2.21. The minimum Gasteiger partial charge on any atom is -0.339 e. The fraction of sp³-hybridized carbons (Fsp3) is 0.588. The standard InChI is InChI=1S/C17H25NO2S/c1-18(15-8-6-4-3-5-7-9-15)17(19)14-10-12-16(13-11-14)21(2)20/h10-13,15H,3-9H2,1-2H3. The van der Waals surface area contributed by atoms with E-state index in [4.69, 9.17) is 0 Å². The van der Waals surface area contributed by atoms with Gasteiger partial charge in [-0.3, -0.25) is 9.00 Å². The Morgan fingerprint density at radius 3 is 2.10 bits per heavy atom. The maximum atomic E-state index is 12.6. The second kappa shape index (κ2) is 7.74. The molecule has 1 aliphatic rings. The minimum atomic E-state index is -0.995. The monoisotopic (exact) mass is 307 g/mol. The molecule has 1 unspecified atom stereocenters. The molecule has 3 nitrogen and oxygen atoms in total. The van der Waals surface area contributed by atoms with Crippen molar-refractivity contribution in [2.24, 2.45) is 0 Å². The summed E-state index contributed by atoms with van der Waals surface area (Å²) in [5.41, 5.74) is 0.689. The number of amides is 1. The van der Waals surface area contributed by atoms with E-state index >= 15 is 0 Å². The first-order valence-corrected chi connectivity index (χ1v) is 9.36. The van der Waals surface area contributed by atoms with Gasteiger partial charge in [-0.2, -0.15) is 0 Å². The Balaban J connectivity index is 2.04. The molecule has 0 saturated heterocycles. The Kier molecular flexibility index (Phi) is 5.97. The molecule has 1 aliphatic carbocycles. The van der Waals surface area contributed by atoms with Crippen molar-refractivity contribution in [1.82, 2.24) is 4.90 Å². The van der Waals surface area contributed by atoms with Gasteiger partial charge in [-0.05, 0) is 37.1 Å². The van der Waals surface area contributed by atoms with E-state index in [0.29, 0.717) is 11.6 Å². The normalized spacial score (nSPS) is 18.6. The predicted molar refractivity (Wildman–Crippen MR) is 87.0 cm³/mol. The molecule has 116 valence electrons. The fourth-order valence-corrected chi connectivity index (χ4v) is 3.50. The van der Waals surface area contributed by atoms with Crippen molar-refractivity contribution in [3.05, 3.63) is 29.8 Å². The molecule has 0 radical (unpaired) electrons. The highest BCUT2D eigenvalue weighted by Crippen LogP contribution is 2.22. The number of carbonyl (C=O) groups excluding carboxylic acids is 1. The van der Waals surface area contributed by atoms with Gasteiger partial charge in [0.25, 0.3) is 5.91 Å². The van der Waals surface area contributed by atoms with Crippen LogP contribution in [0.2, 0.25) is 0 Å². The molecule has 1 saturated carbocycles. The number of hydrogen-bond acceptors (Lipinski definition) is 2. The summed E-state index contributed by atoms with van der Waals surface area (Å²) in [4.78, 5) is 15.2. The summed E-state index contributed by atoms with van der Waals surface area (Å²) in [5, 5.41) is 0. The Labute approximate surface area is 130 Å². The van der Waals surface area contributed by atoms with Crippen molar-refractivity contribution in [2.75, 3.05) is 13.3 Å². The van der Waals surface area contributed by atoms with Gasteiger partial charge < -0.3 is 4.90 Å². The zero-order valence-electron chi connectivity index (χ0n) is 13.0. The van der Waals surface area contributed by atoms with Gasteiger partial charge in [0.05, 0.1) is 0 Å². The van der Waals surface area contributed by atoms with E-state index in [1.165, 1.54) is 32.1 Å². The molecule has 4 heteroatoms. The maximum Gasteiger partial charge on any atom is 0.253 e. The predicted octanol–water partition coefficient (Wildman–Crippen LogP) is 3.61. The molecule has 0 spiro atoms. The second-order valence-electron chi connectivity index (χ2n) is 5.89. The number of carbonyl (C=O) groups is 1. The quantitative estimate of drug-likeness (QED) is 0.855. The zero-order valence-corrected chi connectivity index (χ0v) is 13.8. The number of hydrogen-bond donors (Lipinski definition) is 0. The van der Waals surface area contributed by atoms with Crippen LogP contribution in [0.15, 0.2) is 29.2 Å². The molecular formula is C17H25NO2S. The summed E-state index contributed by atoms with van der Waals surface area (Å²) >= 11 is 0. The second-order valence-corrected chi connectivity index (χ2v) is 7.27. The summed E-state index contributed by atoms with van der Waals surface area (Å²) in [6, 6.07) is 7.51. The largest absolute Gasteiger partial charge is 0.339 e. The maximum absolute atomic E-state index is 12.6. The molecule has 0 aliphatic heterocycles. The van der Waals surface area contributed by atoms with Crippen molar-refractivity contribution >= 4 is 16.7 Å². The lowest BCUT2D eigenvalue weighted by Crippen LogP contribution is -2.37. The van der Waals surface area contributed by atoms with Crippen LogP contribution in [0.5, 0.6) is 0 Å². The van der Waals surface area contributed by atoms with Gasteiger partial charge in [0.1, 0.15) is 0 Å². The van der Waals surface area contributed by atoms with Gasteiger partial charge in [0.15, 0.2) is 0 Å². The van der Waals surface area contributed by atoms with Crippen LogP contribution in [0.1, 0.15) is 55.3 Å². The molecule has 0 heterocycles. The van der Waals surface area contributed by atoms with Crippen molar-refractivity contribution in [2.45, 2.75) is 55.9 Å². The number of benzene rings is 1. The van der Waals surface area contributed by atoms with Crippen LogP contribution < -0.4 is 0 Å². The Morgan fingerprint density at radius 2 is 1.57 bits per heavy atom. The lowest BCUT2D eigenvalue weighted by atomic mass is 9.95. The third-order valence-corrected chi connectivity index (χ3v) is 5.31. The van der Waals surface area contributed by atoms with Gasteiger partial charge in [-0.1, -0.05) is 32.1 Å². The average molecular weight is 307 g/mol. The third-order valence-electron chi connectivity index (χ3n) is 4.38. The summed E-state index contributed by atoms with van der Waals surface area (Å²) in [5.74, 6) is 0.0778. The summed E-state index contributed by atoms with van der Waals surface area (Å²) in [7, 11) is 0.923. The Hall–Kier alpha value is -1.16. The van der Waals surface area contributed by atoms with E-state index in [1.807, 2.05) is 11.9 Å². The lowest BCUT2D eigenvalue weighted by molar-refractivity contribution is 0.0706. The van der Waals surface area contributed by atoms with Crippen LogP contribution in [-0.2, 0) is 10.8 Å². The molecule has 21 heavy (non-hydrogen) atoms. The smallest absolute Gasteiger partial charge is 0.253 e. The van der Waals surface area contributed by atoms with Crippen molar-refractivity contribution < 1.29 is 9.00 Å². The van der Waals surface area contributed by atoms with Crippen LogP contribution in [0, 0.1) is 0 Å². The van der Waals surface area contributed by atoms with E-state index in [1.54, 1.807) is 30.5 Å². The average Bonchev–Trinajstić information content (AvgIpc) is 2.45. The SMILES string of the molecule is CN(C(=O)c1ccc(S(C)=O)cc1)C1CCCCCCC1. The van der Waals surface area contributed by atoms with Crippen molar-refractivity contribution in [3.63, 3.8) is 0 Å². The number of nitrogens with zero attached hydrogens (tertiary/aromatic N) is 1. The molecule has 1 amide bonds. The lowest BCUT2D eigenvalue weighted by Gasteiger charge is -2.30. The van der Waals surface area contributed by atoms with Gasteiger partial charge in [-0.15, -0.1) is 0 Å². The molecule has 2 rings (SSSR count). The first-order valence-electron chi connectivity index (χ1n) is 7.80. The first-order chi connectivity index (χ1) is 10.1. The van der Waals surface area contributed by atoms with Crippen molar-refractivity contribution in [3.8, 4) is 0 Å². The van der Waals surface area contributed by atoms with Crippen LogP contribution >= 0.6 is 0 Å². The van der Waals surface area contributed by atoms with E-state index in [-0.39, 0.29) is 5.91 Å². The van der Waals surface area contributed by atoms with Gasteiger partial charge in [0, 0.05) is 40.6 Å². The van der Waals surface area contributed by atoms with Gasteiger partial charge >= 0.3 is 0 Å². The third kappa shape index (κ3) is 4.40. The molecule has 1 atom stereocenters. The summed E-state index contributed by atoms with van der Waals surface area (Å²) < 4.78 is 11.4. The molecule has 0 bridgehead atoms. The van der Waals surface area contributed by atoms with E-state index in [9.17, 15) is 9.00 Å². The van der Waals surface area contributed by atoms with Crippen LogP contribution in [0.3, 0.4) is 0 Å². The van der Waals surface area contributed by atoms with Gasteiger partial charge in [0.2, 0.25) is 0 Å². The topological polar surface area (TPSA) is 37.4 Å². The highest BCUT2D eigenvalue weighted by atomic mass is 32.2. The zero-order chi connectivity index (χ0) is 15.2. The van der Waals surface area contributed by atoms with Crippen LogP contribution in [0.4, 0.5) is 0 Å². The minimum absolute atomic E-state index is 0.0778. The Bertz CT molecular complexity index is 490. The molecule has 0 aromatic heterocycles. The van der Waals surface area contributed by atoms with E-state index in [2.05, 4.69) is 0 Å². The molecular weight excluding hydrogens is 282 g/mol. The summed E-state index contributed by atoms with van der Waals surface area (Å²) in [6.07, 6.45) is 10.2. The van der Waals surface area contributed by atoms with Gasteiger partial charge in [-0.25, -0.2) is 0 Å². The van der Waals surface area contributed by atoms with Crippen LogP contribution in [0.25, 0.3) is 0 Å². The highest BCUT2D eigenvalue weighted by molar-refractivity contribution is 7.84. The van der Waals surface area contributed by atoms with Crippen LogP contribution in [-0.4, -0.2) is 34.4 Å². The summed E-state index contributed by atoms with van der Waals surface area (Å²) in [6.45, 7) is 0. The molecule has 1 aromatic carbocycles. The molecule has 0 N–H and O–H groups in total. The van der Waals surface area contributed by atoms with Crippen molar-refractivity contribution in [1.29, 1.82) is 0 Å². The van der Waals surface area contributed by atoms with E-state index in [0.717, 1.165) is 17.7 Å². The molecule has 1 fully saturated rings. The van der Waals surface area contributed by atoms with E-state index < -0.39 is 10.8 Å². The molecule has 1 aromatic rings. The fourth-order valence-electron chi connectivity index (χ4n) is 2.98. The Morgan fingerprint density at radius 1 is 1.05 bits per heavy atom. The number of rotatable bonds is 3.